The Labute approximate surface area is 95.7 Å². The molecular formula is C13H18FNO. The molecule has 2 rings (SSSR count). The lowest BCUT2D eigenvalue weighted by atomic mass is 10.0. The van der Waals surface area contributed by atoms with E-state index in [0.29, 0.717) is 12.1 Å². The Balaban J connectivity index is 2.17. The van der Waals surface area contributed by atoms with Gasteiger partial charge < -0.3 is 5.11 Å². The van der Waals surface area contributed by atoms with Crippen LogP contribution in [0.3, 0.4) is 0 Å². The Morgan fingerprint density at radius 3 is 2.81 bits per heavy atom. The number of rotatable bonds is 2. The number of hydrogen-bond acceptors (Lipinski definition) is 2. The van der Waals surface area contributed by atoms with Crippen LogP contribution in [0.5, 0.6) is 5.75 Å². The van der Waals surface area contributed by atoms with Crippen molar-refractivity contribution in [1.29, 1.82) is 0 Å². The molecule has 1 heterocycles. The number of benzene rings is 1. The van der Waals surface area contributed by atoms with Gasteiger partial charge in [0.2, 0.25) is 0 Å². The van der Waals surface area contributed by atoms with Gasteiger partial charge in [-0.15, -0.1) is 0 Å². The van der Waals surface area contributed by atoms with Crippen LogP contribution in [0.25, 0.3) is 0 Å². The second-order valence-corrected chi connectivity index (χ2v) is 5.11. The first-order chi connectivity index (χ1) is 7.49. The summed E-state index contributed by atoms with van der Waals surface area (Å²) in [5.74, 6) is -0.103. The predicted octanol–water partition coefficient (Wildman–Crippen LogP) is 2.91. The zero-order valence-corrected chi connectivity index (χ0v) is 9.83. The Morgan fingerprint density at radius 2 is 2.19 bits per heavy atom. The van der Waals surface area contributed by atoms with Crippen molar-refractivity contribution in [2.75, 3.05) is 6.54 Å². The van der Waals surface area contributed by atoms with E-state index in [1.165, 1.54) is 24.6 Å². The smallest absolute Gasteiger partial charge is 0.123 e. The molecule has 1 aromatic rings. The summed E-state index contributed by atoms with van der Waals surface area (Å²) in [4.78, 5) is 2.29. The largest absolute Gasteiger partial charge is 0.508 e. The molecule has 88 valence electrons. The Morgan fingerprint density at radius 1 is 1.44 bits per heavy atom. The van der Waals surface area contributed by atoms with Gasteiger partial charge in [0.25, 0.3) is 0 Å². The van der Waals surface area contributed by atoms with Crippen molar-refractivity contribution in [2.24, 2.45) is 0 Å². The van der Waals surface area contributed by atoms with E-state index in [4.69, 9.17) is 0 Å². The molecule has 0 aromatic heterocycles. The molecule has 0 unspecified atom stereocenters. The van der Waals surface area contributed by atoms with Crippen molar-refractivity contribution in [3.63, 3.8) is 0 Å². The summed E-state index contributed by atoms with van der Waals surface area (Å²) in [5, 5.41) is 9.67. The normalized spacial score (nSPS) is 20.2. The summed E-state index contributed by atoms with van der Waals surface area (Å²) in [6.45, 7) is 6.02. The van der Waals surface area contributed by atoms with E-state index in [2.05, 4.69) is 18.7 Å². The molecule has 0 atom stereocenters. The van der Waals surface area contributed by atoms with Crippen molar-refractivity contribution in [3.05, 3.63) is 29.6 Å². The van der Waals surface area contributed by atoms with Gasteiger partial charge in [-0.05, 0) is 51.4 Å². The Hall–Kier alpha value is -1.09. The fourth-order valence-corrected chi connectivity index (χ4v) is 2.34. The third-order valence-corrected chi connectivity index (χ3v) is 3.48. The van der Waals surface area contributed by atoms with Crippen LogP contribution >= 0.6 is 0 Å². The van der Waals surface area contributed by atoms with Gasteiger partial charge in [-0.3, -0.25) is 4.90 Å². The lowest BCUT2D eigenvalue weighted by Crippen LogP contribution is -2.37. The van der Waals surface area contributed by atoms with E-state index < -0.39 is 0 Å². The van der Waals surface area contributed by atoms with Crippen LogP contribution in [-0.2, 0) is 6.54 Å². The molecule has 16 heavy (non-hydrogen) atoms. The van der Waals surface area contributed by atoms with E-state index in [1.807, 2.05) is 0 Å². The maximum Gasteiger partial charge on any atom is 0.123 e. The number of aromatic hydroxyl groups is 1. The van der Waals surface area contributed by atoms with Crippen LogP contribution in [0.2, 0.25) is 0 Å². The fourth-order valence-electron chi connectivity index (χ4n) is 2.34. The molecule has 0 amide bonds. The fraction of sp³-hybridized carbons (Fsp3) is 0.538. The highest BCUT2D eigenvalue weighted by Gasteiger charge is 2.31. The first kappa shape index (κ1) is 11.4. The maximum absolute atomic E-state index is 13.1. The molecular weight excluding hydrogens is 205 g/mol. The number of halogens is 1. The summed E-state index contributed by atoms with van der Waals surface area (Å²) >= 11 is 0. The third kappa shape index (κ3) is 2.19. The van der Waals surface area contributed by atoms with Gasteiger partial charge in [-0.25, -0.2) is 4.39 Å². The molecule has 3 heteroatoms. The molecule has 1 aliphatic rings. The van der Waals surface area contributed by atoms with Crippen molar-refractivity contribution < 1.29 is 9.50 Å². The highest BCUT2D eigenvalue weighted by molar-refractivity contribution is 5.32. The number of phenolic OH excluding ortho intramolecular Hbond substituents is 1. The van der Waals surface area contributed by atoms with Crippen LogP contribution in [-0.4, -0.2) is 22.1 Å². The molecule has 0 saturated carbocycles. The topological polar surface area (TPSA) is 23.5 Å². The van der Waals surface area contributed by atoms with Crippen molar-refractivity contribution >= 4 is 0 Å². The number of hydrogen-bond donors (Lipinski definition) is 1. The van der Waals surface area contributed by atoms with Crippen LogP contribution in [0.4, 0.5) is 4.39 Å². The molecule has 0 bridgehead atoms. The number of likely N-dealkylation sites (tertiary alicyclic amines) is 1. The highest BCUT2D eigenvalue weighted by Crippen LogP contribution is 2.31. The van der Waals surface area contributed by atoms with E-state index in [0.717, 1.165) is 13.0 Å². The molecule has 1 fully saturated rings. The average Bonchev–Trinajstić information content (AvgIpc) is 2.52. The standard InChI is InChI=1S/C13H18FNO/c1-13(2)6-3-7-15(13)9-10-8-11(14)4-5-12(10)16/h4-5,8,16H,3,6-7,9H2,1-2H3. The SMILES string of the molecule is CC1(C)CCCN1Cc1cc(F)ccc1O. The molecule has 0 aliphatic carbocycles. The van der Waals surface area contributed by atoms with Crippen molar-refractivity contribution in [2.45, 2.75) is 38.8 Å². The molecule has 0 radical (unpaired) electrons. The first-order valence-corrected chi connectivity index (χ1v) is 5.71. The van der Waals surface area contributed by atoms with Gasteiger partial charge in [0, 0.05) is 17.6 Å². The first-order valence-electron chi connectivity index (χ1n) is 5.71. The van der Waals surface area contributed by atoms with Crippen LogP contribution in [0.1, 0.15) is 32.3 Å². The predicted molar refractivity (Wildman–Crippen MR) is 61.8 cm³/mol. The minimum atomic E-state index is -0.287. The van der Waals surface area contributed by atoms with Crippen LogP contribution in [0, 0.1) is 5.82 Å². The van der Waals surface area contributed by atoms with E-state index in [1.54, 1.807) is 0 Å². The third-order valence-electron chi connectivity index (χ3n) is 3.48. The van der Waals surface area contributed by atoms with Gasteiger partial charge >= 0.3 is 0 Å². The van der Waals surface area contributed by atoms with Gasteiger partial charge in [0.1, 0.15) is 11.6 Å². The average molecular weight is 223 g/mol. The monoisotopic (exact) mass is 223 g/mol. The lowest BCUT2D eigenvalue weighted by Gasteiger charge is -2.31. The number of phenols is 1. The minimum Gasteiger partial charge on any atom is -0.508 e. The Bertz CT molecular complexity index is 390. The van der Waals surface area contributed by atoms with Gasteiger partial charge in [0.05, 0.1) is 0 Å². The molecule has 2 nitrogen and oxygen atoms in total. The summed E-state index contributed by atoms with van der Waals surface area (Å²) in [5.41, 5.74) is 0.827. The van der Waals surface area contributed by atoms with Gasteiger partial charge in [-0.2, -0.15) is 0 Å². The lowest BCUT2D eigenvalue weighted by molar-refractivity contribution is 0.165. The van der Waals surface area contributed by atoms with E-state index >= 15 is 0 Å². The van der Waals surface area contributed by atoms with Crippen molar-refractivity contribution in [3.8, 4) is 5.75 Å². The summed E-state index contributed by atoms with van der Waals surface area (Å²) in [6.07, 6.45) is 2.33. The van der Waals surface area contributed by atoms with Crippen molar-refractivity contribution in [1.82, 2.24) is 4.90 Å². The zero-order valence-electron chi connectivity index (χ0n) is 9.83. The summed E-state index contributed by atoms with van der Waals surface area (Å²) in [7, 11) is 0. The number of nitrogens with zero attached hydrogens (tertiary/aromatic N) is 1. The van der Waals surface area contributed by atoms with Crippen LogP contribution < -0.4 is 0 Å². The quantitative estimate of drug-likeness (QED) is 0.833. The van der Waals surface area contributed by atoms with E-state index in [9.17, 15) is 9.50 Å². The minimum absolute atomic E-state index is 0.152. The van der Waals surface area contributed by atoms with E-state index in [-0.39, 0.29) is 17.1 Å². The molecule has 1 saturated heterocycles. The summed E-state index contributed by atoms with van der Waals surface area (Å²) < 4.78 is 13.1. The molecule has 1 aromatic carbocycles. The van der Waals surface area contributed by atoms with Gasteiger partial charge in [-0.1, -0.05) is 0 Å². The second kappa shape index (κ2) is 4.06. The summed E-state index contributed by atoms with van der Waals surface area (Å²) in [6, 6.07) is 4.13. The van der Waals surface area contributed by atoms with Gasteiger partial charge in [0.15, 0.2) is 0 Å². The zero-order chi connectivity index (χ0) is 11.8. The molecule has 1 aliphatic heterocycles. The Kier molecular flexibility index (Phi) is 2.89. The molecule has 1 N–H and O–H groups in total. The second-order valence-electron chi connectivity index (χ2n) is 5.11. The molecule has 0 spiro atoms. The highest BCUT2D eigenvalue weighted by atomic mass is 19.1. The van der Waals surface area contributed by atoms with Crippen LogP contribution in [0.15, 0.2) is 18.2 Å². The maximum atomic E-state index is 13.1.